The lowest BCUT2D eigenvalue weighted by Crippen LogP contribution is -2.10. The van der Waals surface area contributed by atoms with Gasteiger partial charge in [-0.25, -0.2) is 0 Å². The van der Waals surface area contributed by atoms with Gasteiger partial charge in [0.1, 0.15) is 11.2 Å². The van der Waals surface area contributed by atoms with E-state index in [0.717, 1.165) is 50.1 Å². The molecule has 0 unspecified atom stereocenters. The number of thiophene rings is 1. The van der Waals surface area contributed by atoms with Crippen LogP contribution in [0.15, 0.2) is 205 Å². The zero-order valence-electron chi connectivity index (χ0n) is 29.8. The molecule has 0 spiro atoms. The normalized spacial score (nSPS) is 11.6. The third kappa shape index (κ3) is 5.24. The van der Waals surface area contributed by atoms with Crippen molar-refractivity contribution in [2.24, 2.45) is 0 Å². The van der Waals surface area contributed by atoms with E-state index in [9.17, 15) is 0 Å². The molecule has 0 N–H and O–H groups in total. The van der Waals surface area contributed by atoms with Crippen LogP contribution in [0.25, 0.3) is 86.3 Å². The van der Waals surface area contributed by atoms with Crippen molar-refractivity contribution < 1.29 is 4.42 Å². The van der Waals surface area contributed by atoms with E-state index in [4.69, 9.17) is 4.42 Å². The summed E-state index contributed by atoms with van der Waals surface area (Å²) >= 11 is 1.87. The molecule has 0 atom stereocenters. The second-order valence-electron chi connectivity index (χ2n) is 14.0. The maximum atomic E-state index is 6.65. The van der Waals surface area contributed by atoms with Crippen LogP contribution in [0, 0.1) is 0 Å². The fraction of sp³-hybridized carbons (Fsp3) is 0. The summed E-state index contributed by atoms with van der Waals surface area (Å²) in [6.45, 7) is 0. The topological polar surface area (TPSA) is 16.4 Å². The first-order chi connectivity index (χ1) is 27.3. The van der Waals surface area contributed by atoms with E-state index in [2.05, 4.69) is 205 Å². The monoisotopic (exact) mass is 719 g/mol. The molecular formula is C52H33NOS. The van der Waals surface area contributed by atoms with Crippen molar-refractivity contribution >= 4 is 81.3 Å². The maximum Gasteiger partial charge on any atom is 0.143 e. The number of rotatable bonds is 6. The van der Waals surface area contributed by atoms with Crippen LogP contribution in [0.4, 0.5) is 17.1 Å². The number of fused-ring (bicyclic) bond motifs is 7. The van der Waals surface area contributed by atoms with Gasteiger partial charge in [0.2, 0.25) is 0 Å². The number of hydrogen-bond acceptors (Lipinski definition) is 3. The first kappa shape index (κ1) is 31.6. The molecule has 9 aromatic carbocycles. The van der Waals surface area contributed by atoms with Crippen LogP contribution in [-0.4, -0.2) is 0 Å². The Morgan fingerprint density at radius 3 is 1.84 bits per heavy atom. The highest BCUT2D eigenvalue weighted by atomic mass is 32.1. The molecule has 0 saturated carbocycles. The largest absolute Gasteiger partial charge is 0.455 e. The SMILES string of the molecule is c1ccc(-c2cccc3c2oc2ccc(N(c4ccc(-c5cccc6ccccc56)cc4)c4ccc(-c5ccccc5)c5sc6ccccc6c45)cc23)cc1. The molecule has 0 bridgehead atoms. The minimum absolute atomic E-state index is 0.874. The van der Waals surface area contributed by atoms with E-state index < -0.39 is 0 Å². The van der Waals surface area contributed by atoms with Crippen molar-refractivity contribution in [2.75, 3.05) is 4.90 Å². The summed E-state index contributed by atoms with van der Waals surface area (Å²) in [5.74, 6) is 0. The van der Waals surface area contributed by atoms with Crippen LogP contribution in [0.3, 0.4) is 0 Å². The molecule has 11 rings (SSSR count). The standard InChI is InChI=1S/C52H33NOS/c1-3-13-35(14-4-1)42-22-12-23-44-46-33-39(29-32-48(46)54-51(42)44)53(38-27-25-37(26-28-38)41-21-11-18-34-17-7-8-19-40(34)41)47-31-30-43(36-15-5-2-6-16-36)52-50(47)45-20-9-10-24-49(45)55-52/h1-33H. The highest BCUT2D eigenvalue weighted by Crippen LogP contribution is 2.49. The first-order valence-corrected chi connectivity index (χ1v) is 19.5. The van der Waals surface area contributed by atoms with Crippen molar-refractivity contribution in [2.45, 2.75) is 0 Å². The van der Waals surface area contributed by atoms with Gasteiger partial charge in [0.05, 0.1) is 5.69 Å². The highest BCUT2D eigenvalue weighted by molar-refractivity contribution is 7.26. The average Bonchev–Trinajstić information content (AvgIpc) is 3.84. The van der Waals surface area contributed by atoms with Crippen LogP contribution in [0.5, 0.6) is 0 Å². The number of para-hydroxylation sites is 1. The van der Waals surface area contributed by atoms with Gasteiger partial charge in [-0.2, -0.15) is 0 Å². The van der Waals surface area contributed by atoms with Gasteiger partial charge in [0.15, 0.2) is 0 Å². The Bertz CT molecular complexity index is 3190. The van der Waals surface area contributed by atoms with Gasteiger partial charge in [0.25, 0.3) is 0 Å². The van der Waals surface area contributed by atoms with Crippen molar-refractivity contribution in [3.8, 4) is 33.4 Å². The fourth-order valence-electron chi connectivity index (χ4n) is 8.31. The Balaban J connectivity index is 1.15. The number of furan rings is 1. The summed E-state index contributed by atoms with van der Waals surface area (Å²) < 4.78 is 9.21. The molecule has 0 aliphatic rings. The van der Waals surface area contributed by atoms with Gasteiger partial charge in [-0.05, 0) is 81.1 Å². The van der Waals surface area contributed by atoms with Crippen LogP contribution in [0.2, 0.25) is 0 Å². The molecule has 11 aromatic rings. The highest BCUT2D eigenvalue weighted by Gasteiger charge is 2.22. The molecule has 55 heavy (non-hydrogen) atoms. The molecule has 0 radical (unpaired) electrons. The molecule has 258 valence electrons. The Morgan fingerprint density at radius 1 is 0.400 bits per heavy atom. The summed E-state index contributed by atoms with van der Waals surface area (Å²) in [6.07, 6.45) is 0. The minimum atomic E-state index is 0.874. The smallest absolute Gasteiger partial charge is 0.143 e. The predicted octanol–water partition coefficient (Wildman–Crippen LogP) is 15.6. The molecule has 0 fully saturated rings. The lowest BCUT2D eigenvalue weighted by Gasteiger charge is -2.27. The first-order valence-electron chi connectivity index (χ1n) is 18.7. The molecule has 0 amide bonds. The molecular weight excluding hydrogens is 687 g/mol. The number of anilines is 3. The Labute approximate surface area is 322 Å². The summed E-state index contributed by atoms with van der Waals surface area (Å²) in [4.78, 5) is 2.43. The number of benzene rings is 9. The number of nitrogens with zero attached hydrogens (tertiary/aromatic N) is 1. The third-order valence-corrected chi connectivity index (χ3v) is 12.1. The molecule has 0 saturated heterocycles. The summed E-state index contributed by atoms with van der Waals surface area (Å²) in [5.41, 5.74) is 12.2. The molecule has 2 aromatic heterocycles. The zero-order valence-corrected chi connectivity index (χ0v) is 30.6. The summed E-state index contributed by atoms with van der Waals surface area (Å²) in [5, 5.41) is 7.21. The number of hydrogen-bond donors (Lipinski definition) is 0. The van der Waals surface area contributed by atoms with Crippen LogP contribution >= 0.6 is 11.3 Å². The Morgan fingerprint density at radius 2 is 1.02 bits per heavy atom. The van der Waals surface area contributed by atoms with Crippen LogP contribution in [-0.2, 0) is 0 Å². The Kier molecular flexibility index (Phi) is 7.39. The van der Waals surface area contributed by atoms with E-state index >= 15 is 0 Å². The van der Waals surface area contributed by atoms with E-state index in [0.29, 0.717) is 0 Å². The van der Waals surface area contributed by atoms with Crippen molar-refractivity contribution in [1.82, 2.24) is 0 Å². The van der Waals surface area contributed by atoms with Crippen molar-refractivity contribution in [3.05, 3.63) is 200 Å². The predicted molar refractivity (Wildman–Crippen MR) is 235 cm³/mol. The van der Waals surface area contributed by atoms with Gasteiger partial charge < -0.3 is 9.32 Å². The van der Waals surface area contributed by atoms with Crippen LogP contribution in [0.1, 0.15) is 0 Å². The average molecular weight is 720 g/mol. The third-order valence-electron chi connectivity index (χ3n) is 10.9. The minimum Gasteiger partial charge on any atom is -0.455 e. The van der Waals surface area contributed by atoms with Gasteiger partial charge in [-0.1, -0.05) is 158 Å². The van der Waals surface area contributed by atoms with E-state index in [-0.39, 0.29) is 0 Å². The van der Waals surface area contributed by atoms with E-state index in [1.807, 2.05) is 11.3 Å². The van der Waals surface area contributed by atoms with E-state index in [1.54, 1.807) is 0 Å². The quantitative estimate of drug-likeness (QED) is 0.170. The fourth-order valence-corrected chi connectivity index (χ4v) is 9.57. The zero-order chi connectivity index (χ0) is 36.3. The Hall–Kier alpha value is -6.94. The van der Waals surface area contributed by atoms with Crippen molar-refractivity contribution in [1.29, 1.82) is 0 Å². The molecule has 0 aliphatic heterocycles. The van der Waals surface area contributed by atoms with Crippen LogP contribution < -0.4 is 4.90 Å². The molecule has 2 heterocycles. The molecule has 0 aliphatic carbocycles. The van der Waals surface area contributed by atoms with E-state index in [1.165, 1.54) is 53.2 Å². The summed E-state index contributed by atoms with van der Waals surface area (Å²) in [7, 11) is 0. The lowest BCUT2D eigenvalue weighted by atomic mass is 9.97. The van der Waals surface area contributed by atoms with Crippen molar-refractivity contribution in [3.63, 3.8) is 0 Å². The lowest BCUT2D eigenvalue weighted by molar-refractivity contribution is 0.670. The summed E-state index contributed by atoms with van der Waals surface area (Å²) in [6, 6.07) is 72.1. The van der Waals surface area contributed by atoms with Gasteiger partial charge in [-0.3, -0.25) is 0 Å². The van der Waals surface area contributed by atoms with Gasteiger partial charge in [-0.15, -0.1) is 11.3 Å². The second-order valence-corrected chi connectivity index (χ2v) is 15.1. The molecule has 3 heteroatoms. The maximum absolute atomic E-state index is 6.65. The second kappa shape index (κ2) is 12.9. The molecule has 2 nitrogen and oxygen atoms in total. The van der Waals surface area contributed by atoms with Gasteiger partial charge >= 0.3 is 0 Å². The van der Waals surface area contributed by atoms with Gasteiger partial charge in [0, 0.05) is 47.9 Å².